The molecule has 0 atom stereocenters. The van der Waals surface area contributed by atoms with E-state index in [1.54, 1.807) is 7.11 Å². The number of hydrogen-bond donors (Lipinski definition) is 0. The fraction of sp³-hybridized carbons (Fsp3) is 0.409. The lowest BCUT2D eigenvalue weighted by Crippen LogP contribution is -2.50. The van der Waals surface area contributed by atoms with Crippen LogP contribution in [0.25, 0.3) is 0 Å². The Balaban J connectivity index is 1.58. The van der Waals surface area contributed by atoms with Crippen LogP contribution in [0.3, 0.4) is 0 Å². The highest BCUT2D eigenvalue weighted by atomic mass is 16.5. The van der Waals surface area contributed by atoms with Gasteiger partial charge in [-0.3, -0.25) is 9.69 Å². The molecule has 0 radical (unpaired) electrons. The van der Waals surface area contributed by atoms with Gasteiger partial charge in [0.25, 0.3) is 0 Å². The maximum absolute atomic E-state index is 12.9. The van der Waals surface area contributed by atoms with Gasteiger partial charge in [0, 0.05) is 50.2 Å². The number of hydrogen-bond acceptors (Lipinski definition) is 4. The molecule has 1 aliphatic heterocycles. The summed E-state index contributed by atoms with van der Waals surface area (Å²) in [5.41, 5.74) is 3.32. The summed E-state index contributed by atoms with van der Waals surface area (Å²) in [5.74, 6) is 1.04. The van der Waals surface area contributed by atoms with Crippen molar-refractivity contribution in [1.82, 2.24) is 4.90 Å². The molecule has 1 aliphatic rings. The molecule has 0 unspecified atom stereocenters. The van der Waals surface area contributed by atoms with Gasteiger partial charge in [0.1, 0.15) is 5.75 Å². The van der Waals surface area contributed by atoms with Crippen molar-refractivity contribution >= 4 is 17.3 Å². The number of likely N-dealkylation sites (N-methyl/N-ethyl adjacent to an activating group) is 1. The fourth-order valence-corrected chi connectivity index (χ4v) is 3.60. The zero-order valence-electron chi connectivity index (χ0n) is 16.5. The van der Waals surface area contributed by atoms with Crippen molar-refractivity contribution in [3.05, 3.63) is 54.1 Å². The number of aryl methyl sites for hydroxylation is 1. The van der Waals surface area contributed by atoms with E-state index in [1.165, 1.54) is 5.69 Å². The van der Waals surface area contributed by atoms with Crippen molar-refractivity contribution in [2.45, 2.75) is 13.8 Å². The SMILES string of the molecule is CCN(C(=O)CN1CCN(c2cccc(OC)c2)CC1)c1ccccc1C. The number of rotatable bonds is 6. The maximum Gasteiger partial charge on any atom is 0.241 e. The largest absolute Gasteiger partial charge is 0.497 e. The number of nitrogens with zero attached hydrogens (tertiary/aromatic N) is 3. The summed E-state index contributed by atoms with van der Waals surface area (Å²) in [5, 5.41) is 0. The van der Waals surface area contributed by atoms with E-state index in [1.807, 2.05) is 42.2 Å². The molecule has 0 bridgehead atoms. The van der Waals surface area contributed by atoms with Gasteiger partial charge in [0.15, 0.2) is 0 Å². The number of methoxy groups -OCH3 is 1. The molecule has 0 spiro atoms. The lowest BCUT2D eigenvalue weighted by atomic mass is 10.1. The molecule has 0 aliphatic carbocycles. The van der Waals surface area contributed by atoms with E-state index in [0.717, 1.165) is 43.2 Å². The second-order valence-corrected chi connectivity index (χ2v) is 6.89. The normalized spacial score (nSPS) is 14.9. The smallest absolute Gasteiger partial charge is 0.241 e. The van der Waals surface area contributed by atoms with Gasteiger partial charge in [0.05, 0.1) is 13.7 Å². The number of benzene rings is 2. The predicted octanol–water partition coefficient (Wildman–Crippen LogP) is 3.18. The highest BCUT2D eigenvalue weighted by Gasteiger charge is 2.22. The van der Waals surface area contributed by atoms with Gasteiger partial charge in [-0.2, -0.15) is 0 Å². The summed E-state index contributed by atoms with van der Waals surface area (Å²) in [6.45, 7) is 8.83. The van der Waals surface area contributed by atoms with Crippen LogP contribution in [-0.4, -0.2) is 57.2 Å². The van der Waals surface area contributed by atoms with Crippen LogP contribution in [0.4, 0.5) is 11.4 Å². The van der Waals surface area contributed by atoms with E-state index in [-0.39, 0.29) is 5.91 Å². The van der Waals surface area contributed by atoms with E-state index in [9.17, 15) is 4.79 Å². The third-order valence-corrected chi connectivity index (χ3v) is 5.17. The first-order chi connectivity index (χ1) is 13.1. The molecular formula is C22H29N3O2. The average molecular weight is 367 g/mol. The highest BCUT2D eigenvalue weighted by Crippen LogP contribution is 2.23. The number of carbonyl (C=O) groups is 1. The third kappa shape index (κ3) is 4.61. The second-order valence-electron chi connectivity index (χ2n) is 6.89. The van der Waals surface area contributed by atoms with E-state index >= 15 is 0 Å². The Hall–Kier alpha value is -2.53. The molecule has 0 N–H and O–H groups in total. The van der Waals surface area contributed by atoms with Gasteiger partial charge in [0.2, 0.25) is 5.91 Å². The molecule has 5 heteroatoms. The number of ether oxygens (including phenoxy) is 1. The predicted molar refractivity (Wildman–Crippen MR) is 111 cm³/mol. The Labute approximate surface area is 162 Å². The van der Waals surface area contributed by atoms with Gasteiger partial charge in [-0.25, -0.2) is 0 Å². The number of para-hydroxylation sites is 1. The number of anilines is 2. The summed E-state index contributed by atoms with van der Waals surface area (Å²) in [6, 6.07) is 16.2. The zero-order valence-corrected chi connectivity index (χ0v) is 16.5. The molecule has 144 valence electrons. The first-order valence-corrected chi connectivity index (χ1v) is 9.59. The van der Waals surface area contributed by atoms with E-state index in [4.69, 9.17) is 4.74 Å². The molecule has 1 amide bonds. The summed E-state index contributed by atoms with van der Waals surface area (Å²) >= 11 is 0. The van der Waals surface area contributed by atoms with Crippen molar-refractivity contribution in [2.75, 3.05) is 56.2 Å². The highest BCUT2D eigenvalue weighted by molar-refractivity contribution is 5.95. The molecule has 0 saturated carbocycles. The molecule has 1 fully saturated rings. The van der Waals surface area contributed by atoms with E-state index in [2.05, 4.69) is 34.9 Å². The lowest BCUT2D eigenvalue weighted by Gasteiger charge is -2.36. The van der Waals surface area contributed by atoms with Gasteiger partial charge < -0.3 is 14.5 Å². The van der Waals surface area contributed by atoms with Crippen molar-refractivity contribution in [3.8, 4) is 5.75 Å². The standard InChI is InChI=1S/C22H29N3O2/c1-4-25(21-11-6-5-8-18(21)2)22(26)17-23-12-14-24(15-13-23)19-9-7-10-20(16-19)27-3/h5-11,16H,4,12-15,17H2,1-3H3. The van der Waals surface area contributed by atoms with Gasteiger partial charge >= 0.3 is 0 Å². The Kier molecular flexibility index (Phi) is 6.35. The molecule has 2 aromatic carbocycles. The molecule has 3 rings (SSSR count). The summed E-state index contributed by atoms with van der Waals surface area (Å²) in [6.07, 6.45) is 0. The Bertz CT molecular complexity index is 770. The van der Waals surface area contributed by atoms with Crippen molar-refractivity contribution in [3.63, 3.8) is 0 Å². The Morgan fingerprint density at radius 3 is 2.48 bits per heavy atom. The molecule has 5 nitrogen and oxygen atoms in total. The van der Waals surface area contributed by atoms with Crippen molar-refractivity contribution in [1.29, 1.82) is 0 Å². The average Bonchev–Trinajstić information content (AvgIpc) is 2.70. The minimum atomic E-state index is 0.168. The van der Waals surface area contributed by atoms with Crippen LogP contribution in [0, 0.1) is 6.92 Å². The number of carbonyl (C=O) groups excluding carboxylic acids is 1. The Morgan fingerprint density at radius 1 is 1.07 bits per heavy atom. The third-order valence-electron chi connectivity index (χ3n) is 5.17. The Morgan fingerprint density at radius 2 is 1.81 bits per heavy atom. The maximum atomic E-state index is 12.9. The number of amides is 1. The van der Waals surface area contributed by atoms with Crippen LogP contribution in [-0.2, 0) is 4.79 Å². The lowest BCUT2D eigenvalue weighted by molar-refractivity contribution is -0.119. The molecule has 2 aromatic rings. The van der Waals surface area contributed by atoms with Crippen molar-refractivity contribution in [2.24, 2.45) is 0 Å². The summed E-state index contributed by atoms with van der Waals surface area (Å²) in [4.78, 5) is 19.4. The van der Waals surface area contributed by atoms with Crippen LogP contribution in [0.1, 0.15) is 12.5 Å². The fourth-order valence-electron chi connectivity index (χ4n) is 3.60. The molecule has 1 heterocycles. The molecule has 0 aromatic heterocycles. The van der Waals surface area contributed by atoms with Crippen LogP contribution in [0.15, 0.2) is 48.5 Å². The van der Waals surface area contributed by atoms with Crippen LogP contribution >= 0.6 is 0 Å². The molecule has 27 heavy (non-hydrogen) atoms. The van der Waals surface area contributed by atoms with Gasteiger partial charge in [-0.1, -0.05) is 24.3 Å². The first kappa shape index (κ1) is 19.2. The minimum absolute atomic E-state index is 0.168. The van der Waals surface area contributed by atoms with E-state index in [0.29, 0.717) is 13.1 Å². The summed E-state index contributed by atoms with van der Waals surface area (Å²) < 4.78 is 5.32. The second kappa shape index (κ2) is 8.91. The molecule has 1 saturated heterocycles. The minimum Gasteiger partial charge on any atom is -0.497 e. The monoisotopic (exact) mass is 367 g/mol. The topological polar surface area (TPSA) is 36.0 Å². The van der Waals surface area contributed by atoms with E-state index < -0.39 is 0 Å². The summed E-state index contributed by atoms with van der Waals surface area (Å²) in [7, 11) is 1.69. The van der Waals surface area contributed by atoms with Crippen molar-refractivity contribution < 1.29 is 9.53 Å². The number of piperazine rings is 1. The first-order valence-electron chi connectivity index (χ1n) is 9.59. The van der Waals surface area contributed by atoms with Crippen LogP contribution in [0.2, 0.25) is 0 Å². The van der Waals surface area contributed by atoms with Gasteiger partial charge in [-0.05, 0) is 37.6 Å². The van der Waals surface area contributed by atoms with Crippen LogP contribution < -0.4 is 14.5 Å². The zero-order chi connectivity index (χ0) is 19.2. The van der Waals surface area contributed by atoms with Gasteiger partial charge in [-0.15, -0.1) is 0 Å². The molecular weight excluding hydrogens is 338 g/mol. The quantitative estimate of drug-likeness (QED) is 0.786. The van der Waals surface area contributed by atoms with Crippen LogP contribution in [0.5, 0.6) is 5.75 Å².